The summed E-state index contributed by atoms with van der Waals surface area (Å²) in [5.74, 6) is -1.47. The smallest absolute Gasteiger partial charge is 0.244 e. The molecule has 0 saturated carbocycles. The third-order valence-corrected chi connectivity index (χ3v) is 4.30. The van der Waals surface area contributed by atoms with Crippen LogP contribution in [0.25, 0.3) is 6.08 Å². The van der Waals surface area contributed by atoms with Crippen LogP contribution >= 0.6 is 0 Å². The van der Waals surface area contributed by atoms with Crippen molar-refractivity contribution in [2.24, 2.45) is 0 Å². The minimum Gasteiger partial charge on any atom is -0.385 e. The van der Waals surface area contributed by atoms with Crippen LogP contribution in [0.5, 0.6) is 0 Å². The maximum Gasteiger partial charge on any atom is 0.244 e. The molecule has 2 N–H and O–H groups in total. The van der Waals surface area contributed by atoms with Crippen molar-refractivity contribution >= 4 is 17.7 Å². The van der Waals surface area contributed by atoms with Gasteiger partial charge in [-0.3, -0.25) is 4.79 Å². The van der Waals surface area contributed by atoms with Gasteiger partial charge in [-0.1, -0.05) is 12.1 Å². The van der Waals surface area contributed by atoms with Gasteiger partial charge in [0.1, 0.15) is 11.6 Å². The fraction of sp³-hybridized carbons (Fsp3) is 0.250. The van der Waals surface area contributed by atoms with Gasteiger partial charge in [-0.15, -0.1) is 0 Å². The Labute approximate surface area is 145 Å². The lowest BCUT2D eigenvalue weighted by molar-refractivity contribution is -0.117. The molecule has 1 unspecified atom stereocenters. The van der Waals surface area contributed by atoms with E-state index in [1.54, 1.807) is 0 Å². The van der Waals surface area contributed by atoms with Gasteiger partial charge >= 0.3 is 0 Å². The second-order valence-corrected chi connectivity index (χ2v) is 6.18. The van der Waals surface area contributed by atoms with Gasteiger partial charge in [0.15, 0.2) is 0 Å². The third kappa shape index (κ3) is 4.24. The van der Waals surface area contributed by atoms with E-state index in [1.807, 2.05) is 13.0 Å². The van der Waals surface area contributed by atoms with Crippen LogP contribution in [0.3, 0.4) is 0 Å². The van der Waals surface area contributed by atoms with Crippen molar-refractivity contribution in [1.29, 1.82) is 0 Å². The number of hydrogen-bond acceptors (Lipinski definition) is 2. The van der Waals surface area contributed by atoms with Crippen molar-refractivity contribution in [3.63, 3.8) is 0 Å². The predicted octanol–water partition coefficient (Wildman–Crippen LogP) is 4.21. The molecule has 0 bridgehead atoms. The maximum atomic E-state index is 13.6. The number of carbonyl (C=O) groups is 1. The Balaban J connectivity index is 1.66. The molecule has 1 aliphatic rings. The van der Waals surface area contributed by atoms with Gasteiger partial charge in [-0.25, -0.2) is 8.78 Å². The summed E-state index contributed by atoms with van der Waals surface area (Å²) in [5.41, 5.74) is 3.44. The molecular formula is C20H20F2N2O. The number of carbonyl (C=O) groups excluding carboxylic acids is 1. The normalized spacial score (nSPS) is 14.7. The van der Waals surface area contributed by atoms with Gasteiger partial charge in [0.05, 0.1) is 6.04 Å². The Morgan fingerprint density at radius 3 is 2.92 bits per heavy atom. The zero-order chi connectivity index (χ0) is 17.8. The van der Waals surface area contributed by atoms with E-state index in [1.165, 1.54) is 17.7 Å². The number of rotatable bonds is 4. The Morgan fingerprint density at radius 1 is 1.24 bits per heavy atom. The second kappa shape index (κ2) is 7.47. The minimum atomic E-state index is -0.570. The summed E-state index contributed by atoms with van der Waals surface area (Å²) in [6.07, 6.45) is 4.67. The fourth-order valence-electron chi connectivity index (χ4n) is 2.90. The van der Waals surface area contributed by atoms with Crippen LogP contribution in [0, 0.1) is 11.6 Å². The van der Waals surface area contributed by atoms with Crippen molar-refractivity contribution in [1.82, 2.24) is 5.32 Å². The number of hydrogen-bond donors (Lipinski definition) is 2. The number of halogens is 2. The van der Waals surface area contributed by atoms with Gasteiger partial charge in [-0.05, 0) is 61.2 Å². The molecule has 130 valence electrons. The molecule has 0 spiro atoms. The first-order valence-corrected chi connectivity index (χ1v) is 8.33. The summed E-state index contributed by atoms with van der Waals surface area (Å²) in [6, 6.07) is 9.08. The predicted molar refractivity (Wildman–Crippen MR) is 95.2 cm³/mol. The third-order valence-electron chi connectivity index (χ3n) is 4.30. The van der Waals surface area contributed by atoms with E-state index in [0.29, 0.717) is 0 Å². The molecule has 0 radical (unpaired) electrons. The van der Waals surface area contributed by atoms with Crippen LogP contribution in [0.4, 0.5) is 14.5 Å². The number of aryl methyl sites for hydroxylation is 1. The first kappa shape index (κ1) is 17.1. The topological polar surface area (TPSA) is 41.1 Å². The average molecular weight is 342 g/mol. The van der Waals surface area contributed by atoms with Crippen LogP contribution in [0.1, 0.15) is 36.1 Å². The Bertz CT molecular complexity index is 817. The zero-order valence-corrected chi connectivity index (χ0v) is 14.0. The van der Waals surface area contributed by atoms with E-state index in [0.717, 1.165) is 48.8 Å². The van der Waals surface area contributed by atoms with Gasteiger partial charge in [0.2, 0.25) is 5.91 Å². The van der Waals surface area contributed by atoms with Crippen molar-refractivity contribution < 1.29 is 13.6 Å². The SMILES string of the molecule is CC(NC(=O)/C=C/c1cc(F)ccc1F)c1ccc2c(c1)NCCC2. The molecule has 5 heteroatoms. The first-order valence-electron chi connectivity index (χ1n) is 8.33. The number of fused-ring (bicyclic) bond motifs is 1. The summed E-state index contributed by atoms with van der Waals surface area (Å²) in [6.45, 7) is 2.85. The van der Waals surface area contributed by atoms with Crippen molar-refractivity contribution in [3.05, 3.63) is 70.8 Å². The summed E-state index contributed by atoms with van der Waals surface area (Å²) in [7, 11) is 0. The highest BCUT2D eigenvalue weighted by molar-refractivity contribution is 5.92. The summed E-state index contributed by atoms with van der Waals surface area (Å²) in [5, 5.41) is 6.20. The summed E-state index contributed by atoms with van der Waals surface area (Å²) >= 11 is 0. The van der Waals surface area contributed by atoms with Crippen molar-refractivity contribution in [2.75, 3.05) is 11.9 Å². The number of amides is 1. The Morgan fingerprint density at radius 2 is 2.08 bits per heavy atom. The monoisotopic (exact) mass is 342 g/mol. The van der Waals surface area contributed by atoms with Crippen LogP contribution in [-0.2, 0) is 11.2 Å². The first-order chi connectivity index (χ1) is 12.0. The molecule has 0 aromatic heterocycles. The molecule has 0 fully saturated rings. The van der Waals surface area contributed by atoms with Gasteiger partial charge < -0.3 is 10.6 Å². The molecule has 2 aromatic carbocycles. The van der Waals surface area contributed by atoms with E-state index in [4.69, 9.17) is 0 Å². The highest BCUT2D eigenvalue weighted by Crippen LogP contribution is 2.25. The van der Waals surface area contributed by atoms with Crippen LogP contribution in [-0.4, -0.2) is 12.5 Å². The molecule has 3 nitrogen and oxygen atoms in total. The van der Waals surface area contributed by atoms with E-state index in [2.05, 4.69) is 22.8 Å². The van der Waals surface area contributed by atoms with Crippen LogP contribution in [0.15, 0.2) is 42.5 Å². The second-order valence-electron chi connectivity index (χ2n) is 6.18. The maximum absolute atomic E-state index is 13.6. The molecule has 25 heavy (non-hydrogen) atoms. The van der Waals surface area contributed by atoms with Crippen molar-refractivity contribution in [3.8, 4) is 0 Å². The fourth-order valence-corrected chi connectivity index (χ4v) is 2.90. The van der Waals surface area contributed by atoms with Crippen LogP contribution < -0.4 is 10.6 Å². The lowest BCUT2D eigenvalue weighted by Crippen LogP contribution is -2.25. The minimum absolute atomic E-state index is 0.0424. The number of nitrogens with one attached hydrogen (secondary N) is 2. The molecule has 0 aliphatic carbocycles. The average Bonchev–Trinajstić information content (AvgIpc) is 2.62. The Kier molecular flexibility index (Phi) is 5.12. The molecule has 2 aromatic rings. The highest BCUT2D eigenvalue weighted by atomic mass is 19.1. The zero-order valence-electron chi connectivity index (χ0n) is 14.0. The van der Waals surface area contributed by atoms with Crippen LogP contribution in [0.2, 0.25) is 0 Å². The molecule has 1 amide bonds. The summed E-state index contributed by atoms with van der Waals surface area (Å²) < 4.78 is 26.7. The molecule has 1 atom stereocenters. The largest absolute Gasteiger partial charge is 0.385 e. The van der Waals surface area contributed by atoms with Gasteiger partial charge in [0.25, 0.3) is 0 Å². The van der Waals surface area contributed by atoms with E-state index < -0.39 is 11.6 Å². The summed E-state index contributed by atoms with van der Waals surface area (Å²) in [4.78, 5) is 12.1. The van der Waals surface area contributed by atoms with Gasteiger partial charge in [0, 0.05) is 23.9 Å². The molecule has 1 heterocycles. The standard InChI is InChI=1S/C20H20F2N2O/c1-13(15-5-4-14-3-2-10-23-19(14)12-15)24-20(25)9-6-16-11-17(21)7-8-18(16)22/h4-9,11-13,23H,2-3,10H2,1H3,(H,24,25)/b9-6+. The Hall–Kier alpha value is -2.69. The quantitative estimate of drug-likeness (QED) is 0.817. The number of benzene rings is 2. The van der Waals surface area contributed by atoms with Gasteiger partial charge in [-0.2, -0.15) is 0 Å². The molecule has 1 aliphatic heterocycles. The van der Waals surface area contributed by atoms with E-state index in [-0.39, 0.29) is 17.5 Å². The molecule has 3 rings (SSSR count). The lowest BCUT2D eigenvalue weighted by Gasteiger charge is -2.21. The van der Waals surface area contributed by atoms with Crippen molar-refractivity contribution in [2.45, 2.75) is 25.8 Å². The number of anilines is 1. The van der Waals surface area contributed by atoms with E-state index in [9.17, 15) is 13.6 Å². The van der Waals surface area contributed by atoms with E-state index >= 15 is 0 Å². The lowest BCUT2D eigenvalue weighted by atomic mass is 9.99. The molecular weight excluding hydrogens is 322 g/mol. The highest BCUT2D eigenvalue weighted by Gasteiger charge is 2.13. The molecule has 0 saturated heterocycles.